The molecule has 0 bridgehead atoms. The highest BCUT2D eigenvalue weighted by atomic mass is 32.2. The average molecular weight is 269 g/mol. The van der Waals surface area contributed by atoms with E-state index in [0.29, 0.717) is 0 Å². The van der Waals surface area contributed by atoms with Crippen molar-refractivity contribution in [2.45, 2.75) is 6.18 Å². The van der Waals surface area contributed by atoms with Gasteiger partial charge in [0, 0.05) is 12.7 Å². The number of nitrogens with one attached hydrogen (secondary N) is 1. The van der Waals surface area contributed by atoms with E-state index in [0.717, 1.165) is 12.1 Å². The summed E-state index contributed by atoms with van der Waals surface area (Å²) in [5.41, 5.74) is -0.950. The number of nitrogens with two attached hydrogens (primary N) is 1. The highest BCUT2D eigenvalue weighted by Gasteiger charge is 2.33. The molecule has 96 valence electrons. The zero-order chi connectivity index (χ0) is 13.1. The van der Waals surface area contributed by atoms with Gasteiger partial charge in [-0.2, -0.15) is 13.2 Å². The lowest BCUT2D eigenvalue weighted by atomic mass is 10.2. The van der Waals surface area contributed by atoms with E-state index < -0.39 is 33.3 Å². The van der Waals surface area contributed by atoms with Crippen LogP contribution in [0.25, 0.3) is 0 Å². The van der Waals surface area contributed by atoms with Gasteiger partial charge in [-0.05, 0) is 12.1 Å². The number of nitrogens with zero attached hydrogens (tertiary/aromatic N) is 1. The number of alkyl halides is 3. The first-order valence-corrected chi connectivity index (χ1v) is 6.18. The number of anilines is 1. The summed E-state index contributed by atoms with van der Waals surface area (Å²) in [5.74, 6) is -0.885. The third kappa shape index (κ3) is 4.57. The molecule has 1 aromatic heterocycles. The minimum absolute atomic E-state index is 0.237. The van der Waals surface area contributed by atoms with Crippen LogP contribution < -0.4 is 10.5 Å². The summed E-state index contributed by atoms with van der Waals surface area (Å²) in [6.45, 7) is -0.237. The van der Waals surface area contributed by atoms with Gasteiger partial charge in [-0.3, -0.25) is 0 Å². The molecule has 17 heavy (non-hydrogen) atoms. The summed E-state index contributed by atoms with van der Waals surface area (Å²) in [6.07, 6.45) is -3.37. The molecule has 0 fully saturated rings. The van der Waals surface area contributed by atoms with Crippen LogP contribution in [-0.4, -0.2) is 25.7 Å². The summed E-state index contributed by atoms with van der Waals surface area (Å²) < 4.78 is 58.7. The Labute approximate surface area is 95.9 Å². The van der Waals surface area contributed by atoms with Crippen LogP contribution in [0.2, 0.25) is 0 Å². The normalized spacial score (nSPS) is 12.5. The highest BCUT2D eigenvalue weighted by molar-refractivity contribution is 7.89. The lowest BCUT2D eigenvalue weighted by Crippen LogP contribution is -2.23. The van der Waals surface area contributed by atoms with E-state index in [-0.39, 0.29) is 6.54 Å². The molecule has 0 aliphatic carbocycles. The number of aromatic nitrogens is 1. The van der Waals surface area contributed by atoms with Crippen LogP contribution in [0, 0.1) is 0 Å². The van der Waals surface area contributed by atoms with Gasteiger partial charge in [0.05, 0.1) is 11.3 Å². The van der Waals surface area contributed by atoms with Crippen LogP contribution >= 0.6 is 0 Å². The number of rotatable bonds is 4. The molecular weight excluding hydrogens is 259 g/mol. The maximum absolute atomic E-state index is 12.5. The Balaban J connectivity index is 2.78. The van der Waals surface area contributed by atoms with Crippen molar-refractivity contribution in [1.29, 1.82) is 0 Å². The lowest BCUT2D eigenvalue weighted by Gasteiger charge is -2.12. The van der Waals surface area contributed by atoms with Gasteiger partial charge in [0.2, 0.25) is 10.0 Å². The first kappa shape index (κ1) is 13.7. The zero-order valence-corrected chi connectivity index (χ0v) is 9.35. The van der Waals surface area contributed by atoms with E-state index in [4.69, 9.17) is 5.14 Å². The molecule has 0 saturated carbocycles. The van der Waals surface area contributed by atoms with Crippen LogP contribution in [0.1, 0.15) is 5.56 Å². The predicted molar refractivity (Wildman–Crippen MR) is 55.7 cm³/mol. The SMILES string of the molecule is NS(=O)(=O)CCNc1ncccc1C(F)(F)F. The van der Waals surface area contributed by atoms with Crippen molar-refractivity contribution in [2.24, 2.45) is 5.14 Å². The molecule has 0 spiro atoms. The first-order chi connectivity index (χ1) is 7.70. The molecule has 1 heterocycles. The van der Waals surface area contributed by atoms with E-state index in [9.17, 15) is 21.6 Å². The monoisotopic (exact) mass is 269 g/mol. The molecule has 9 heteroatoms. The van der Waals surface area contributed by atoms with Gasteiger partial charge in [-0.25, -0.2) is 18.5 Å². The molecule has 0 aromatic carbocycles. The van der Waals surface area contributed by atoms with Crippen LogP contribution in [0.15, 0.2) is 18.3 Å². The molecule has 3 N–H and O–H groups in total. The van der Waals surface area contributed by atoms with Gasteiger partial charge in [-0.1, -0.05) is 0 Å². The summed E-state index contributed by atoms with van der Waals surface area (Å²) in [5, 5.41) is 7.00. The second-order valence-electron chi connectivity index (χ2n) is 3.19. The quantitative estimate of drug-likeness (QED) is 0.846. The molecule has 0 radical (unpaired) electrons. The Bertz CT molecular complexity index is 487. The minimum atomic E-state index is -4.54. The Morgan fingerprint density at radius 1 is 1.41 bits per heavy atom. The summed E-state index contributed by atoms with van der Waals surface area (Å²) in [7, 11) is -3.71. The molecule has 0 saturated heterocycles. The largest absolute Gasteiger partial charge is 0.419 e. The smallest absolute Gasteiger partial charge is 0.368 e. The Hall–Kier alpha value is -1.35. The van der Waals surface area contributed by atoms with Crippen LogP contribution in [0.5, 0.6) is 0 Å². The number of hydrogen-bond acceptors (Lipinski definition) is 4. The van der Waals surface area contributed by atoms with Crippen molar-refractivity contribution in [1.82, 2.24) is 4.98 Å². The number of primary sulfonamides is 1. The fraction of sp³-hybridized carbons (Fsp3) is 0.375. The van der Waals surface area contributed by atoms with Crippen molar-refractivity contribution in [3.05, 3.63) is 23.9 Å². The zero-order valence-electron chi connectivity index (χ0n) is 8.53. The number of pyridine rings is 1. The van der Waals surface area contributed by atoms with Crippen molar-refractivity contribution in [3.8, 4) is 0 Å². The Morgan fingerprint density at radius 3 is 2.59 bits per heavy atom. The van der Waals surface area contributed by atoms with Gasteiger partial charge >= 0.3 is 6.18 Å². The van der Waals surface area contributed by atoms with Gasteiger partial charge in [0.25, 0.3) is 0 Å². The molecule has 5 nitrogen and oxygen atoms in total. The van der Waals surface area contributed by atoms with Crippen LogP contribution in [0.3, 0.4) is 0 Å². The lowest BCUT2D eigenvalue weighted by molar-refractivity contribution is -0.137. The van der Waals surface area contributed by atoms with Crippen molar-refractivity contribution >= 4 is 15.8 Å². The van der Waals surface area contributed by atoms with Crippen LogP contribution in [-0.2, 0) is 16.2 Å². The van der Waals surface area contributed by atoms with Gasteiger partial charge in [0.1, 0.15) is 5.82 Å². The highest BCUT2D eigenvalue weighted by Crippen LogP contribution is 2.33. The van der Waals surface area contributed by atoms with Gasteiger partial charge in [0.15, 0.2) is 0 Å². The molecular formula is C8H10F3N3O2S. The number of sulfonamides is 1. The van der Waals surface area contributed by atoms with Crippen LogP contribution in [0.4, 0.5) is 19.0 Å². The molecule has 0 atom stereocenters. The number of halogens is 3. The number of hydrogen-bond donors (Lipinski definition) is 2. The van der Waals surface area contributed by atoms with E-state index in [1.54, 1.807) is 0 Å². The summed E-state index contributed by atoms with van der Waals surface area (Å²) in [4.78, 5) is 3.50. The third-order valence-corrected chi connectivity index (χ3v) is 2.57. The van der Waals surface area contributed by atoms with E-state index in [1.165, 1.54) is 6.20 Å². The topological polar surface area (TPSA) is 85.1 Å². The van der Waals surface area contributed by atoms with Crippen molar-refractivity contribution < 1.29 is 21.6 Å². The maximum atomic E-state index is 12.5. The molecule has 1 rings (SSSR count). The fourth-order valence-corrected chi connectivity index (χ4v) is 1.47. The average Bonchev–Trinajstić information content (AvgIpc) is 2.15. The van der Waals surface area contributed by atoms with E-state index in [1.807, 2.05) is 0 Å². The van der Waals surface area contributed by atoms with E-state index >= 15 is 0 Å². The van der Waals surface area contributed by atoms with Crippen molar-refractivity contribution in [3.63, 3.8) is 0 Å². The Kier molecular flexibility index (Phi) is 3.94. The molecule has 0 aliphatic rings. The standard InChI is InChI=1S/C8H10F3N3O2S/c9-8(10,11)6-2-1-3-13-7(6)14-4-5-17(12,15)16/h1-3H,4-5H2,(H,13,14)(H2,12,15,16). The minimum Gasteiger partial charge on any atom is -0.368 e. The predicted octanol–water partition coefficient (Wildman–Crippen LogP) is 0.801. The second kappa shape index (κ2) is 4.88. The Morgan fingerprint density at radius 2 is 2.06 bits per heavy atom. The second-order valence-corrected chi connectivity index (χ2v) is 4.93. The van der Waals surface area contributed by atoms with Gasteiger partial charge < -0.3 is 5.32 Å². The van der Waals surface area contributed by atoms with Crippen molar-refractivity contribution in [2.75, 3.05) is 17.6 Å². The van der Waals surface area contributed by atoms with E-state index in [2.05, 4.69) is 10.3 Å². The third-order valence-electron chi connectivity index (χ3n) is 1.79. The molecule has 1 aromatic rings. The molecule has 0 amide bonds. The molecule has 0 aliphatic heterocycles. The first-order valence-electron chi connectivity index (χ1n) is 4.47. The van der Waals surface area contributed by atoms with Gasteiger partial charge in [-0.15, -0.1) is 0 Å². The maximum Gasteiger partial charge on any atom is 0.419 e. The fourth-order valence-electron chi connectivity index (χ4n) is 1.09. The summed E-state index contributed by atoms with van der Waals surface area (Å²) in [6, 6.07) is 2.00. The summed E-state index contributed by atoms with van der Waals surface area (Å²) >= 11 is 0. The molecule has 0 unspecified atom stereocenters.